The first kappa shape index (κ1) is 23.7. The number of hydrogen-bond acceptors (Lipinski definition) is 7. The third kappa shape index (κ3) is 5.86. The number of ether oxygens (including phenoxy) is 3. The van der Waals surface area contributed by atoms with E-state index in [0.717, 1.165) is 38.4 Å². The van der Waals surface area contributed by atoms with Crippen LogP contribution in [-0.2, 0) is 16.1 Å². The van der Waals surface area contributed by atoms with Gasteiger partial charge in [0.25, 0.3) is 0 Å². The summed E-state index contributed by atoms with van der Waals surface area (Å²) in [6.45, 7) is 4.96. The second kappa shape index (κ2) is 10.1. The van der Waals surface area contributed by atoms with E-state index < -0.39 is 12.1 Å². The van der Waals surface area contributed by atoms with Gasteiger partial charge < -0.3 is 19.3 Å². The zero-order valence-corrected chi connectivity index (χ0v) is 17.4. The molecule has 1 N–H and O–H groups in total. The Hall–Kier alpha value is -2.92. The van der Waals surface area contributed by atoms with Gasteiger partial charge >= 0.3 is 12.1 Å². The molecule has 8 nitrogen and oxygen atoms in total. The number of aromatic nitrogens is 2. The monoisotopic (exact) mass is 455 g/mol. The van der Waals surface area contributed by atoms with Crippen LogP contribution in [-0.4, -0.2) is 72.1 Å². The molecule has 0 saturated carbocycles. The standard InChI is InChI=1S/C19H23N3O3.C2HF3O2/c1-23-18-15(5-4-8-21-18)9-22-10-16-11-24-13-19(16,12-22)14-25-17-6-2-3-7-20-17;3-2(4,5)1(6)7/h2-8,16H,9-14H2,1H3;(H,6,7)/t16-,19+;/m1./s1. The van der Waals surface area contributed by atoms with Crippen molar-refractivity contribution in [3.05, 3.63) is 48.3 Å². The summed E-state index contributed by atoms with van der Waals surface area (Å²) in [5.41, 5.74) is 1.15. The number of halogens is 3. The number of rotatable bonds is 6. The summed E-state index contributed by atoms with van der Waals surface area (Å²) in [4.78, 5) is 19.9. The molecule has 4 rings (SSSR count). The minimum atomic E-state index is -5.08. The zero-order chi connectivity index (χ0) is 23.2. The average molecular weight is 455 g/mol. The maximum atomic E-state index is 10.6. The number of fused-ring (bicyclic) bond motifs is 1. The number of likely N-dealkylation sites (tertiary alicyclic amines) is 1. The van der Waals surface area contributed by atoms with Crippen LogP contribution in [0.15, 0.2) is 42.7 Å². The Morgan fingerprint density at radius 3 is 2.69 bits per heavy atom. The lowest BCUT2D eigenvalue weighted by Gasteiger charge is -2.27. The first-order valence-corrected chi connectivity index (χ1v) is 9.85. The molecular formula is C21H24F3N3O5. The molecule has 0 aromatic carbocycles. The smallest absolute Gasteiger partial charge is 0.481 e. The lowest BCUT2D eigenvalue weighted by molar-refractivity contribution is -0.192. The van der Waals surface area contributed by atoms with Gasteiger partial charge in [0.15, 0.2) is 0 Å². The van der Waals surface area contributed by atoms with Gasteiger partial charge in [-0.2, -0.15) is 13.2 Å². The highest BCUT2D eigenvalue weighted by molar-refractivity contribution is 5.73. The van der Waals surface area contributed by atoms with E-state index in [1.54, 1.807) is 19.5 Å². The second-order valence-corrected chi connectivity index (χ2v) is 7.68. The van der Waals surface area contributed by atoms with Crippen molar-refractivity contribution in [1.29, 1.82) is 0 Å². The van der Waals surface area contributed by atoms with Crippen molar-refractivity contribution in [1.82, 2.24) is 14.9 Å². The summed E-state index contributed by atoms with van der Waals surface area (Å²) in [5, 5.41) is 7.12. The highest BCUT2D eigenvalue weighted by atomic mass is 19.4. The average Bonchev–Trinajstić information content (AvgIpc) is 3.30. The van der Waals surface area contributed by atoms with Crippen LogP contribution in [0.1, 0.15) is 5.56 Å². The molecule has 0 aliphatic carbocycles. The SMILES string of the molecule is COc1ncccc1CN1C[C@@H]2COC[C@]2(COc2ccccn2)C1.O=C(O)C(F)(F)F. The highest BCUT2D eigenvalue weighted by Crippen LogP contribution is 2.42. The van der Waals surface area contributed by atoms with Crippen molar-refractivity contribution in [3.63, 3.8) is 0 Å². The Kier molecular flexibility index (Phi) is 7.52. The van der Waals surface area contributed by atoms with Crippen LogP contribution in [0.4, 0.5) is 13.2 Å². The Balaban J connectivity index is 0.000000360. The predicted molar refractivity (Wildman–Crippen MR) is 106 cm³/mol. The van der Waals surface area contributed by atoms with E-state index in [4.69, 9.17) is 24.1 Å². The topological polar surface area (TPSA) is 94.0 Å². The van der Waals surface area contributed by atoms with Crippen LogP contribution < -0.4 is 9.47 Å². The fourth-order valence-electron chi connectivity index (χ4n) is 3.89. The highest BCUT2D eigenvalue weighted by Gasteiger charge is 2.51. The van der Waals surface area contributed by atoms with Crippen molar-refractivity contribution in [2.75, 3.05) is 40.0 Å². The van der Waals surface area contributed by atoms with Crippen molar-refractivity contribution >= 4 is 5.97 Å². The van der Waals surface area contributed by atoms with E-state index in [1.807, 2.05) is 24.3 Å². The van der Waals surface area contributed by atoms with Gasteiger partial charge in [-0.1, -0.05) is 12.1 Å². The quantitative estimate of drug-likeness (QED) is 0.711. The fraction of sp³-hybridized carbons (Fsp3) is 0.476. The van der Waals surface area contributed by atoms with Gasteiger partial charge in [-0.15, -0.1) is 0 Å². The van der Waals surface area contributed by atoms with E-state index in [-0.39, 0.29) is 5.41 Å². The largest absolute Gasteiger partial charge is 0.490 e. The van der Waals surface area contributed by atoms with Gasteiger partial charge in [0.05, 0.1) is 26.9 Å². The normalized spacial score (nSPS) is 22.6. The molecule has 2 aromatic rings. The van der Waals surface area contributed by atoms with E-state index in [2.05, 4.69) is 20.9 Å². The maximum Gasteiger partial charge on any atom is 0.490 e. The van der Waals surface area contributed by atoms with Gasteiger partial charge in [0.1, 0.15) is 0 Å². The summed E-state index contributed by atoms with van der Waals surface area (Å²) in [5.74, 6) is -0.893. The van der Waals surface area contributed by atoms with Crippen molar-refractivity contribution in [2.45, 2.75) is 12.7 Å². The number of nitrogens with zero attached hydrogens (tertiary/aromatic N) is 3. The lowest BCUT2D eigenvalue weighted by Crippen LogP contribution is -2.37. The Morgan fingerprint density at radius 1 is 1.28 bits per heavy atom. The number of alkyl halides is 3. The molecular weight excluding hydrogens is 431 g/mol. The minimum absolute atomic E-state index is 0.0347. The molecule has 0 unspecified atom stereocenters. The number of carboxylic acids is 1. The number of aliphatic carboxylic acids is 1. The molecule has 174 valence electrons. The van der Waals surface area contributed by atoms with E-state index in [9.17, 15) is 13.2 Å². The molecule has 2 atom stereocenters. The van der Waals surface area contributed by atoms with Crippen LogP contribution in [0.3, 0.4) is 0 Å². The van der Waals surface area contributed by atoms with Gasteiger partial charge in [-0.05, 0) is 12.1 Å². The van der Waals surface area contributed by atoms with Gasteiger partial charge in [-0.3, -0.25) is 4.90 Å². The fourth-order valence-corrected chi connectivity index (χ4v) is 3.89. The van der Waals surface area contributed by atoms with Crippen LogP contribution in [0.2, 0.25) is 0 Å². The lowest BCUT2D eigenvalue weighted by atomic mass is 9.82. The Morgan fingerprint density at radius 2 is 2.03 bits per heavy atom. The number of methoxy groups -OCH3 is 1. The summed E-state index contributed by atoms with van der Waals surface area (Å²) in [7, 11) is 1.67. The molecule has 2 fully saturated rings. The van der Waals surface area contributed by atoms with Crippen LogP contribution in [0.25, 0.3) is 0 Å². The number of carboxylic acid groups (broad SMARTS) is 1. The van der Waals surface area contributed by atoms with Gasteiger partial charge in [-0.25, -0.2) is 14.8 Å². The Bertz CT molecular complexity index is 900. The maximum absolute atomic E-state index is 10.6. The third-order valence-electron chi connectivity index (χ3n) is 5.42. The van der Waals surface area contributed by atoms with E-state index >= 15 is 0 Å². The molecule has 0 radical (unpaired) electrons. The molecule has 2 saturated heterocycles. The molecule has 0 spiro atoms. The van der Waals surface area contributed by atoms with E-state index in [1.165, 1.54) is 0 Å². The van der Waals surface area contributed by atoms with Crippen molar-refractivity contribution in [2.24, 2.45) is 11.3 Å². The van der Waals surface area contributed by atoms with Crippen LogP contribution in [0.5, 0.6) is 11.8 Å². The summed E-state index contributed by atoms with van der Waals surface area (Å²) in [6.07, 6.45) is -1.57. The molecule has 11 heteroatoms. The molecule has 2 aliphatic heterocycles. The Labute approximate surface area is 182 Å². The number of hydrogen-bond donors (Lipinski definition) is 1. The van der Waals surface area contributed by atoms with Crippen molar-refractivity contribution < 1.29 is 37.3 Å². The summed E-state index contributed by atoms with van der Waals surface area (Å²) < 4.78 is 48.9. The van der Waals surface area contributed by atoms with Crippen LogP contribution >= 0.6 is 0 Å². The van der Waals surface area contributed by atoms with Crippen molar-refractivity contribution in [3.8, 4) is 11.8 Å². The number of pyridine rings is 2. The zero-order valence-electron chi connectivity index (χ0n) is 17.4. The van der Waals surface area contributed by atoms with Gasteiger partial charge in [0, 0.05) is 55.0 Å². The molecule has 2 aliphatic rings. The number of carbonyl (C=O) groups is 1. The second-order valence-electron chi connectivity index (χ2n) is 7.68. The molecule has 32 heavy (non-hydrogen) atoms. The molecule has 2 aromatic heterocycles. The van der Waals surface area contributed by atoms with Gasteiger partial charge in [0.2, 0.25) is 11.8 Å². The molecule has 0 amide bonds. The molecule has 0 bridgehead atoms. The third-order valence-corrected chi connectivity index (χ3v) is 5.42. The predicted octanol–water partition coefficient (Wildman–Crippen LogP) is 2.65. The summed E-state index contributed by atoms with van der Waals surface area (Å²) in [6, 6.07) is 9.77. The minimum Gasteiger partial charge on any atom is -0.481 e. The van der Waals surface area contributed by atoms with Crippen LogP contribution in [0, 0.1) is 11.3 Å². The molecule has 4 heterocycles. The first-order chi connectivity index (χ1) is 15.2. The summed E-state index contributed by atoms with van der Waals surface area (Å²) >= 11 is 0. The van der Waals surface area contributed by atoms with E-state index in [0.29, 0.717) is 24.3 Å². The first-order valence-electron chi connectivity index (χ1n) is 9.85.